The van der Waals surface area contributed by atoms with Crippen LogP contribution in [0.1, 0.15) is 0 Å². The van der Waals surface area contributed by atoms with Crippen LogP contribution in [0.4, 0.5) is 0 Å². The van der Waals surface area contributed by atoms with E-state index in [9.17, 15) is 9.13 Å². The molecule has 14 heavy (non-hydrogen) atoms. The lowest BCUT2D eigenvalue weighted by atomic mass is 10.7. The number of hydrogen-bond acceptors (Lipinski definition) is 3. The van der Waals surface area contributed by atoms with Crippen LogP contribution in [-0.4, -0.2) is 31.3 Å². The molecule has 0 saturated heterocycles. The molecule has 1 unspecified atom stereocenters. The summed E-state index contributed by atoms with van der Waals surface area (Å²) in [5, 5.41) is -1.59. The van der Waals surface area contributed by atoms with Gasteiger partial charge in [0, 0.05) is 0 Å². The molecule has 0 aromatic heterocycles. The van der Waals surface area contributed by atoms with Gasteiger partial charge in [-0.15, -0.1) is 11.4 Å². The summed E-state index contributed by atoms with van der Waals surface area (Å²) in [6, 6.07) is 0. The maximum atomic E-state index is 11.1. The van der Waals surface area contributed by atoms with Gasteiger partial charge >= 0.3 is 20.4 Å². The van der Waals surface area contributed by atoms with E-state index in [0.717, 1.165) is 6.08 Å². The fourth-order valence-electron chi connectivity index (χ4n) is 0.491. The standard InChI is InChI=1S/C4H8N2O6P2/c1-2-3-12-14(10,11)4(6-5)13(7,8)9/h2H,1,3H2,(H,10,11)(H2,7,8,9). The lowest BCUT2D eigenvalue weighted by Crippen LogP contribution is -2.05. The quantitative estimate of drug-likeness (QED) is 0.206. The first-order valence-corrected chi connectivity index (χ1v) is 6.31. The first kappa shape index (κ1) is 13.4. The molecule has 0 fully saturated rings. The van der Waals surface area contributed by atoms with Gasteiger partial charge in [0.25, 0.3) is 0 Å². The number of hydrogen-bond donors (Lipinski definition) is 3. The topological polar surface area (TPSA) is 140 Å². The van der Waals surface area contributed by atoms with Crippen LogP contribution in [0.25, 0.3) is 5.53 Å². The Morgan fingerprint density at radius 2 is 2.00 bits per heavy atom. The molecule has 0 bridgehead atoms. The van der Waals surface area contributed by atoms with Crippen molar-refractivity contribution in [2.75, 3.05) is 6.61 Å². The minimum atomic E-state index is -5.11. The van der Waals surface area contributed by atoms with Crippen molar-refractivity contribution in [3.8, 4) is 0 Å². The molecule has 0 amide bonds. The van der Waals surface area contributed by atoms with Crippen molar-refractivity contribution in [3.63, 3.8) is 0 Å². The lowest BCUT2D eigenvalue weighted by Gasteiger charge is -2.06. The smallest absolute Gasteiger partial charge is 0.360 e. The highest BCUT2D eigenvalue weighted by Gasteiger charge is 2.50. The minimum absolute atomic E-state index is 0.410. The molecule has 0 rings (SSSR count). The molecule has 0 radical (unpaired) electrons. The molecular formula is C4H8N2O6P2. The van der Waals surface area contributed by atoms with Crippen molar-refractivity contribution in [1.82, 2.24) is 0 Å². The van der Waals surface area contributed by atoms with Crippen molar-refractivity contribution in [2.24, 2.45) is 0 Å². The monoisotopic (exact) mass is 242 g/mol. The molecule has 80 valence electrons. The summed E-state index contributed by atoms with van der Waals surface area (Å²) >= 11 is 0. The van der Waals surface area contributed by atoms with Gasteiger partial charge in [-0.1, -0.05) is 6.08 Å². The van der Waals surface area contributed by atoms with Gasteiger partial charge in [0.05, 0.1) is 6.61 Å². The Bertz CT molecular complexity index is 366. The highest BCUT2D eigenvalue weighted by Crippen LogP contribution is 2.57. The molecule has 0 heterocycles. The lowest BCUT2D eigenvalue weighted by molar-refractivity contribution is -0.000716. The van der Waals surface area contributed by atoms with E-state index in [2.05, 4.69) is 15.9 Å². The maximum absolute atomic E-state index is 11.1. The van der Waals surface area contributed by atoms with Gasteiger partial charge in [0.15, 0.2) is 0 Å². The third kappa shape index (κ3) is 3.65. The minimum Gasteiger partial charge on any atom is -0.360 e. The van der Waals surface area contributed by atoms with Crippen molar-refractivity contribution < 1.29 is 33.1 Å². The molecule has 0 aromatic carbocycles. The second-order valence-electron chi connectivity index (χ2n) is 2.05. The van der Waals surface area contributed by atoms with Crippen molar-refractivity contribution in [1.29, 1.82) is 0 Å². The van der Waals surface area contributed by atoms with Crippen LogP contribution in [0.2, 0.25) is 0 Å². The molecular weight excluding hydrogens is 234 g/mol. The molecule has 8 nitrogen and oxygen atoms in total. The predicted octanol–water partition coefficient (Wildman–Crippen LogP) is 0.138. The van der Waals surface area contributed by atoms with Crippen LogP contribution in [0.15, 0.2) is 12.7 Å². The van der Waals surface area contributed by atoms with Crippen molar-refractivity contribution in [2.45, 2.75) is 0 Å². The summed E-state index contributed by atoms with van der Waals surface area (Å²) in [6.07, 6.45) is 1.09. The van der Waals surface area contributed by atoms with Crippen LogP contribution < -0.4 is 0 Å². The maximum Gasteiger partial charge on any atom is 0.486 e. The SMILES string of the molecule is C=CCOP(=O)(O)C(=[N+]=[N-])P(=O)(O)O. The first-order valence-electron chi connectivity index (χ1n) is 3.12. The molecule has 0 aliphatic rings. The molecule has 0 aliphatic heterocycles. The highest BCUT2D eigenvalue weighted by molar-refractivity contribution is 7.97. The van der Waals surface area contributed by atoms with Crippen molar-refractivity contribution in [3.05, 3.63) is 18.2 Å². The predicted molar refractivity (Wildman–Crippen MR) is 46.6 cm³/mol. The van der Waals surface area contributed by atoms with E-state index in [1.807, 2.05) is 0 Å². The van der Waals surface area contributed by atoms with E-state index < -0.39 is 27.0 Å². The Labute approximate surface area is 79.1 Å². The second kappa shape index (κ2) is 4.77. The zero-order chi connectivity index (χ0) is 11.4. The Kier molecular flexibility index (Phi) is 4.58. The zero-order valence-electron chi connectivity index (χ0n) is 6.85. The zero-order valence-corrected chi connectivity index (χ0v) is 8.64. The van der Waals surface area contributed by atoms with Crippen LogP contribution >= 0.6 is 15.2 Å². The van der Waals surface area contributed by atoms with Gasteiger partial charge in [0.1, 0.15) is 0 Å². The van der Waals surface area contributed by atoms with E-state index in [0.29, 0.717) is 0 Å². The van der Waals surface area contributed by atoms with E-state index >= 15 is 0 Å². The normalized spacial score (nSPS) is 15.4. The fraction of sp³-hybridized carbons (Fsp3) is 0.250. The van der Waals surface area contributed by atoms with E-state index in [-0.39, 0.29) is 0 Å². The van der Waals surface area contributed by atoms with Gasteiger partial charge in [-0.2, -0.15) is 0 Å². The van der Waals surface area contributed by atoms with Gasteiger partial charge < -0.3 is 20.2 Å². The van der Waals surface area contributed by atoms with Gasteiger partial charge in [-0.25, -0.2) is 9.13 Å². The first-order chi connectivity index (χ1) is 6.25. The summed E-state index contributed by atoms with van der Waals surface area (Å²) in [6.45, 7) is 2.75. The van der Waals surface area contributed by atoms with Gasteiger partial charge in [0.2, 0.25) is 0 Å². The van der Waals surface area contributed by atoms with Crippen LogP contribution in [0.5, 0.6) is 0 Å². The molecule has 3 N–H and O–H groups in total. The Morgan fingerprint density at radius 1 is 1.50 bits per heavy atom. The Morgan fingerprint density at radius 3 is 2.29 bits per heavy atom. The third-order valence-electron chi connectivity index (χ3n) is 0.970. The largest absolute Gasteiger partial charge is 0.486 e. The molecule has 10 heteroatoms. The van der Waals surface area contributed by atoms with Crippen LogP contribution in [0.3, 0.4) is 0 Å². The highest BCUT2D eigenvalue weighted by atomic mass is 31.2. The van der Waals surface area contributed by atoms with E-state index in [4.69, 9.17) is 20.2 Å². The molecule has 0 aromatic rings. The summed E-state index contributed by atoms with van der Waals surface area (Å²) in [4.78, 5) is 28.0. The summed E-state index contributed by atoms with van der Waals surface area (Å²) in [5.41, 5.74) is 8.15. The molecule has 0 saturated carbocycles. The Hall–Kier alpha value is -0.580. The van der Waals surface area contributed by atoms with Gasteiger partial charge in [-0.05, 0) is 0 Å². The second-order valence-corrected chi connectivity index (χ2v) is 5.64. The summed E-state index contributed by atoms with van der Waals surface area (Å²) in [5.74, 6) is 0. The molecule has 0 spiro atoms. The Balaban J connectivity index is 5.07. The summed E-state index contributed by atoms with van der Waals surface area (Å²) in [7, 11) is -9.89. The summed E-state index contributed by atoms with van der Waals surface area (Å²) < 4.78 is 25.8. The van der Waals surface area contributed by atoms with Gasteiger partial charge in [-0.3, -0.25) is 4.52 Å². The number of nitrogens with zero attached hydrogens (tertiary/aromatic N) is 2. The van der Waals surface area contributed by atoms with Crippen LogP contribution in [0, 0.1) is 0 Å². The van der Waals surface area contributed by atoms with Crippen molar-refractivity contribution >= 4 is 20.4 Å². The third-order valence-corrected chi connectivity index (χ3v) is 4.21. The molecule has 0 aliphatic carbocycles. The average molecular weight is 242 g/mol. The average Bonchev–Trinajstić information content (AvgIpc) is 1.98. The van der Waals surface area contributed by atoms with E-state index in [1.165, 1.54) is 0 Å². The number of rotatable bonds is 5. The fourth-order valence-corrected chi connectivity index (χ4v) is 2.63. The van der Waals surface area contributed by atoms with Crippen LogP contribution in [-0.2, 0) is 13.7 Å². The van der Waals surface area contributed by atoms with E-state index in [1.54, 1.807) is 0 Å². The molecule has 1 atom stereocenters.